The first-order valence-corrected chi connectivity index (χ1v) is 7.77. The van der Waals surface area contributed by atoms with Crippen LogP contribution in [0.25, 0.3) is 0 Å². The van der Waals surface area contributed by atoms with Gasteiger partial charge in [0, 0.05) is 17.6 Å². The van der Waals surface area contributed by atoms with Crippen molar-refractivity contribution in [2.75, 3.05) is 17.3 Å². The van der Waals surface area contributed by atoms with E-state index in [1.54, 1.807) is 31.0 Å². The highest BCUT2D eigenvalue weighted by atomic mass is 32.2. The number of rotatable bonds is 2. The van der Waals surface area contributed by atoms with Gasteiger partial charge in [0.05, 0.1) is 5.69 Å². The number of carbonyl (C=O) groups is 2. The summed E-state index contributed by atoms with van der Waals surface area (Å²) in [5, 5.41) is 2.83. The minimum absolute atomic E-state index is 0.218. The van der Waals surface area contributed by atoms with Gasteiger partial charge in [-0.3, -0.25) is 9.59 Å². The number of nitrogens with zero attached hydrogens (tertiary/aromatic N) is 1. The second-order valence-electron chi connectivity index (χ2n) is 5.29. The Morgan fingerprint density at radius 1 is 1.09 bits per heavy atom. The fourth-order valence-corrected chi connectivity index (χ4v) is 3.69. The number of thioether (sulfide) groups is 1. The van der Waals surface area contributed by atoms with Crippen LogP contribution in [-0.4, -0.2) is 23.6 Å². The summed E-state index contributed by atoms with van der Waals surface area (Å²) in [6, 6.07) is 16.8. The fraction of sp³-hybridized carbons (Fsp3) is 0.176. The number of anilines is 2. The van der Waals surface area contributed by atoms with Gasteiger partial charge in [0.1, 0.15) is 0 Å². The summed E-state index contributed by atoms with van der Waals surface area (Å²) in [6.45, 7) is 1.67. The lowest BCUT2D eigenvalue weighted by molar-refractivity contribution is -0.128. The van der Waals surface area contributed by atoms with Crippen LogP contribution in [0.3, 0.4) is 0 Å². The molecule has 112 valence electrons. The summed E-state index contributed by atoms with van der Waals surface area (Å²) in [5.74, 6) is -0.528. The topological polar surface area (TPSA) is 49.4 Å². The number of nitrogens with one attached hydrogen (secondary N) is 1. The molecule has 0 aromatic heterocycles. The van der Waals surface area contributed by atoms with E-state index in [2.05, 4.69) is 5.32 Å². The molecule has 0 saturated carbocycles. The average molecular weight is 312 g/mol. The number of fused-ring (bicyclic) bond motifs is 1. The van der Waals surface area contributed by atoms with Gasteiger partial charge in [-0.25, -0.2) is 0 Å². The fourth-order valence-electron chi connectivity index (χ4n) is 2.43. The van der Waals surface area contributed by atoms with Crippen LogP contribution in [0, 0.1) is 0 Å². The van der Waals surface area contributed by atoms with Gasteiger partial charge in [-0.05, 0) is 31.2 Å². The summed E-state index contributed by atoms with van der Waals surface area (Å²) in [6.07, 6.45) is 0. The first-order chi connectivity index (χ1) is 10.5. The Morgan fingerprint density at radius 3 is 2.45 bits per heavy atom. The molecule has 2 amide bonds. The molecule has 0 unspecified atom stereocenters. The van der Waals surface area contributed by atoms with Crippen LogP contribution < -0.4 is 10.2 Å². The normalized spacial score (nSPS) is 20.5. The number of benzene rings is 2. The van der Waals surface area contributed by atoms with Crippen LogP contribution in [0.15, 0.2) is 59.5 Å². The Morgan fingerprint density at radius 2 is 1.73 bits per heavy atom. The Hall–Kier alpha value is -2.27. The van der Waals surface area contributed by atoms with Crippen LogP contribution in [0.5, 0.6) is 0 Å². The molecule has 4 nitrogen and oxygen atoms in total. The second-order valence-corrected chi connectivity index (χ2v) is 6.75. The van der Waals surface area contributed by atoms with Crippen molar-refractivity contribution in [3.8, 4) is 0 Å². The molecule has 0 aliphatic carbocycles. The summed E-state index contributed by atoms with van der Waals surface area (Å²) in [4.78, 5) is 27.8. The molecule has 3 rings (SSSR count). The van der Waals surface area contributed by atoms with Crippen LogP contribution in [-0.2, 0) is 9.59 Å². The van der Waals surface area contributed by atoms with Crippen molar-refractivity contribution < 1.29 is 9.59 Å². The van der Waals surface area contributed by atoms with Gasteiger partial charge in [-0.2, -0.15) is 0 Å². The van der Waals surface area contributed by atoms with Crippen molar-refractivity contribution in [1.82, 2.24) is 0 Å². The van der Waals surface area contributed by atoms with Crippen molar-refractivity contribution in [1.29, 1.82) is 0 Å². The molecular weight excluding hydrogens is 296 g/mol. The van der Waals surface area contributed by atoms with Crippen LogP contribution in [0.1, 0.15) is 6.92 Å². The minimum atomic E-state index is -1.18. The lowest BCUT2D eigenvalue weighted by Gasteiger charge is -2.36. The highest BCUT2D eigenvalue weighted by Gasteiger charge is 2.48. The quantitative estimate of drug-likeness (QED) is 0.867. The number of hydrogen-bond acceptors (Lipinski definition) is 3. The molecule has 5 heteroatoms. The maximum absolute atomic E-state index is 12.7. The lowest BCUT2D eigenvalue weighted by atomic mass is 10.1. The SMILES string of the molecule is CN1C(=O)[C@](C)(C(=O)Nc2ccccc2)Sc2ccccc21. The van der Waals surface area contributed by atoms with Crippen molar-refractivity contribution in [2.45, 2.75) is 16.6 Å². The van der Waals surface area contributed by atoms with E-state index in [1.165, 1.54) is 11.8 Å². The maximum Gasteiger partial charge on any atom is 0.252 e. The Labute approximate surface area is 133 Å². The van der Waals surface area contributed by atoms with E-state index >= 15 is 0 Å². The van der Waals surface area contributed by atoms with Gasteiger partial charge in [0.15, 0.2) is 4.75 Å². The van der Waals surface area contributed by atoms with Crippen LogP contribution in [0.4, 0.5) is 11.4 Å². The zero-order valence-electron chi connectivity index (χ0n) is 12.4. The van der Waals surface area contributed by atoms with Gasteiger partial charge in [-0.1, -0.05) is 42.1 Å². The van der Waals surface area contributed by atoms with E-state index in [4.69, 9.17) is 0 Å². The first kappa shape index (κ1) is 14.7. The van der Waals surface area contributed by atoms with Crippen molar-refractivity contribution in [3.63, 3.8) is 0 Å². The van der Waals surface area contributed by atoms with E-state index in [0.29, 0.717) is 5.69 Å². The van der Waals surface area contributed by atoms with Gasteiger partial charge < -0.3 is 10.2 Å². The third-order valence-electron chi connectivity index (χ3n) is 3.72. The van der Waals surface area contributed by atoms with Gasteiger partial charge >= 0.3 is 0 Å². The summed E-state index contributed by atoms with van der Waals surface area (Å²) in [5.41, 5.74) is 1.52. The standard InChI is InChI=1S/C17H16N2O2S/c1-17(15(20)18-12-8-4-3-5-9-12)16(21)19(2)13-10-6-7-11-14(13)22-17/h3-11H,1-2H3,(H,18,20)/t17-/m0/s1. The molecule has 0 bridgehead atoms. The third kappa shape index (κ3) is 2.37. The molecule has 0 radical (unpaired) electrons. The molecule has 1 N–H and O–H groups in total. The maximum atomic E-state index is 12.7. The molecular formula is C17H16N2O2S. The lowest BCUT2D eigenvalue weighted by Crippen LogP contribution is -2.53. The first-order valence-electron chi connectivity index (χ1n) is 6.95. The molecule has 2 aromatic rings. The molecule has 1 heterocycles. The predicted molar refractivity (Wildman–Crippen MR) is 89.2 cm³/mol. The zero-order chi connectivity index (χ0) is 15.7. The number of para-hydroxylation sites is 2. The monoisotopic (exact) mass is 312 g/mol. The van der Waals surface area contributed by atoms with E-state index in [-0.39, 0.29) is 11.8 Å². The van der Waals surface area contributed by atoms with E-state index in [9.17, 15) is 9.59 Å². The van der Waals surface area contributed by atoms with Crippen LogP contribution in [0.2, 0.25) is 0 Å². The van der Waals surface area contributed by atoms with E-state index in [0.717, 1.165) is 10.6 Å². The van der Waals surface area contributed by atoms with Crippen molar-refractivity contribution in [3.05, 3.63) is 54.6 Å². The number of carbonyl (C=O) groups excluding carboxylic acids is 2. The molecule has 2 aromatic carbocycles. The summed E-state index contributed by atoms with van der Waals surface area (Å²) >= 11 is 1.30. The largest absolute Gasteiger partial charge is 0.324 e. The third-order valence-corrected chi connectivity index (χ3v) is 5.05. The highest BCUT2D eigenvalue weighted by molar-refractivity contribution is 8.02. The van der Waals surface area contributed by atoms with Gasteiger partial charge in [-0.15, -0.1) is 0 Å². The molecule has 0 saturated heterocycles. The van der Waals surface area contributed by atoms with Gasteiger partial charge in [0.2, 0.25) is 5.91 Å². The smallest absolute Gasteiger partial charge is 0.252 e. The molecule has 22 heavy (non-hydrogen) atoms. The van der Waals surface area contributed by atoms with Crippen molar-refractivity contribution in [2.24, 2.45) is 0 Å². The average Bonchev–Trinajstić information content (AvgIpc) is 2.54. The minimum Gasteiger partial charge on any atom is -0.324 e. The van der Waals surface area contributed by atoms with E-state index < -0.39 is 4.75 Å². The van der Waals surface area contributed by atoms with Gasteiger partial charge in [0.25, 0.3) is 5.91 Å². The zero-order valence-corrected chi connectivity index (χ0v) is 13.2. The summed E-state index contributed by atoms with van der Waals surface area (Å²) < 4.78 is -1.18. The molecule has 0 spiro atoms. The highest BCUT2D eigenvalue weighted by Crippen LogP contribution is 2.45. The molecule has 1 atom stereocenters. The summed E-state index contributed by atoms with van der Waals surface area (Å²) in [7, 11) is 1.70. The molecule has 1 aliphatic rings. The Kier molecular flexibility index (Phi) is 3.66. The predicted octanol–water partition coefficient (Wildman–Crippen LogP) is 3.15. The van der Waals surface area contributed by atoms with E-state index in [1.807, 2.05) is 42.5 Å². The Bertz CT molecular complexity index is 732. The number of amides is 2. The second kappa shape index (κ2) is 5.50. The molecule has 0 fully saturated rings. The number of hydrogen-bond donors (Lipinski definition) is 1. The van der Waals surface area contributed by atoms with Crippen LogP contribution >= 0.6 is 11.8 Å². The molecule has 1 aliphatic heterocycles. The Balaban J connectivity index is 1.92. The van der Waals surface area contributed by atoms with Crippen molar-refractivity contribution >= 4 is 35.0 Å².